The van der Waals surface area contributed by atoms with Gasteiger partial charge in [0.05, 0.1) is 17.2 Å². The minimum atomic E-state index is -0.379. The van der Waals surface area contributed by atoms with Crippen molar-refractivity contribution in [2.24, 2.45) is 5.10 Å². The van der Waals surface area contributed by atoms with Crippen molar-refractivity contribution in [2.75, 3.05) is 11.1 Å². The zero-order valence-corrected chi connectivity index (χ0v) is 19.3. The zero-order chi connectivity index (χ0) is 23.8. The Morgan fingerprint density at radius 3 is 2.41 bits per heavy atom. The van der Waals surface area contributed by atoms with Crippen molar-refractivity contribution in [2.45, 2.75) is 13.8 Å². The Morgan fingerprint density at radius 1 is 1.00 bits per heavy atom. The van der Waals surface area contributed by atoms with Gasteiger partial charge in [-0.1, -0.05) is 41.9 Å². The average Bonchev–Trinajstić information content (AvgIpc) is 3.09. The first kappa shape index (κ1) is 21.6. The van der Waals surface area contributed by atoms with E-state index in [2.05, 4.69) is 10.4 Å². The predicted molar refractivity (Wildman–Crippen MR) is 138 cm³/mol. The molecule has 0 atom stereocenters. The van der Waals surface area contributed by atoms with Crippen LogP contribution in [0.1, 0.15) is 27.0 Å². The van der Waals surface area contributed by atoms with Crippen molar-refractivity contribution in [1.29, 1.82) is 0 Å². The summed E-state index contributed by atoms with van der Waals surface area (Å²) in [6.45, 7) is 4.01. The van der Waals surface area contributed by atoms with Gasteiger partial charge < -0.3 is 11.1 Å². The van der Waals surface area contributed by atoms with Crippen LogP contribution in [-0.2, 0) is 0 Å². The largest absolute Gasteiger partial charge is 0.383 e. The summed E-state index contributed by atoms with van der Waals surface area (Å²) in [5.41, 5.74) is 12.5. The number of benzene rings is 3. The minimum absolute atomic E-state index is 0.150. The summed E-state index contributed by atoms with van der Waals surface area (Å²) in [5.74, 6) is -0.229. The Balaban J connectivity index is 1.64. The third kappa shape index (κ3) is 3.97. The summed E-state index contributed by atoms with van der Waals surface area (Å²) in [6, 6.07) is 20.4. The van der Waals surface area contributed by atoms with Crippen molar-refractivity contribution < 1.29 is 4.79 Å². The first-order chi connectivity index (χ1) is 16.4. The summed E-state index contributed by atoms with van der Waals surface area (Å²) in [6.07, 6.45) is 1.63. The number of nitrogens with zero attached hydrogens (tertiary/aromatic N) is 4. The van der Waals surface area contributed by atoms with Gasteiger partial charge in [-0.15, -0.1) is 0 Å². The molecule has 1 amide bonds. The molecule has 5 aromatic rings. The van der Waals surface area contributed by atoms with Crippen LogP contribution >= 0.6 is 11.6 Å². The van der Waals surface area contributed by atoms with Gasteiger partial charge in [-0.2, -0.15) is 9.78 Å². The number of carbonyl (C=O) groups excluding carboxylic acids is 1. The molecule has 0 spiro atoms. The lowest BCUT2D eigenvalue weighted by Crippen LogP contribution is -2.14. The van der Waals surface area contributed by atoms with Crippen molar-refractivity contribution in [3.8, 4) is 0 Å². The van der Waals surface area contributed by atoms with Crippen LogP contribution in [0.15, 0.2) is 71.8 Å². The van der Waals surface area contributed by atoms with E-state index in [1.54, 1.807) is 18.3 Å². The molecule has 168 valence electrons. The highest BCUT2D eigenvalue weighted by atomic mass is 35.5. The molecule has 0 saturated carbocycles. The maximum absolute atomic E-state index is 13.4. The number of hydrogen-bond acceptors (Lipinski definition) is 5. The molecule has 0 aliphatic heterocycles. The molecule has 3 aromatic carbocycles. The molecule has 7 nitrogen and oxygen atoms in total. The lowest BCUT2D eigenvalue weighted by molar-refractivity contribution is 0.102. The van der Waals surface area contributed by atoms with E-state index in [-0.39, 0.29) is 17.3 Å². The Kier molecular flexibility index (Phi) is 5.47. The lowest BCUT2D eigenvalue weighted by Gasteiger charge is -2.08. The fourth-order valence-corrected chi connectivity index (χ4v) is 3.80. The van der Waals surface area contributed by atoms with Crippen molar-refractivity contribution >= 4 is 57.4 Å². The van der Waals surface area contributed by atoms with E-state index in [1.165, 1.54) is 4.68 Å². The smallest absolute Gasteiger partial charge is 0.261 e. The molecule has 0 unspecified atom stereocenters. The number of aromatic nitrogens is 3. The number of anilines is 2. The van der Waals surface area contributed by atoms with Crippen LogP contribution in [0.4, 0.5) is 11.5 Å². The molecule has 0 aliphatic rings. The quantitative estimate of drug-likeness (QED) is 0.337. The van der Waals surface area contributed by atoms with Crippen LogP contribution in [0.5, 0.6) is 0 Å². The number of nitrogens with two attached hydrogens (primary N) is 1. The number of carbonyl (C=O) groups is 1. The maximum Gasteiger partial charge on any atom is 0.261 e. The van der Waals surface area contributed by atoms with Crippen LogP contribution in [0.25, 0.3) is 22.2 Å². The number of amides is 1. The van der Waals surface area contributed by atoms with Crippen LogP contribution in [-0.4, -0.2) is 26.8 Å². The highest BCUT2D eigenvalue weighted by molar-refractivity contribution is 6.30. The average molecular weight is 469 g/mol. The normalized spacial score (nSPS) is 11.5. The van der Waals surface area contributed by atoms with Gasteiger partial charge >= 0.3 is 0 Å². The summed E-state index contributed by atoms with van der Waals surface area (Å²) in [4.78, 5) is 22.8. The number of rotatable bonds is 4. The van der Waals surface area contributed by atoms with Crippen LogP contribution < -0.4 is 11.1 Å². The van der Waals surface area contributed by atoms with Crippen molar-refractivity contribution in [3.05, 3.63) is 94.0 Å². The second-order valence-corrected chi connectivity index (χ2v) is 8.44. The topological polar surface area (TPSA) is 98.2 Å². The van der Waals surface area contributed by atoms with E-state index in [9.17, 15) is 4.79 Å². The van der Waals surface area contributed by atoms with Crippen molar-refractivity contribution in [3.63, 3.8) is 0 Å². The first-order valence-corrected chi connectivity index (χ1v) is 11.0. The fraction of sp³-hybridized carbons (Fsp3) is 0.0769. The van der Waals surface area contributed by atoms with Gasteiger partial charge in [0.15, 0.2) is 5.65 Å². The second-order valence-electron chi connectivity index (χ2n) is 8.01. The summed E-state index contributed by atoms with van der Waals surface area (Å²) >= 11 is 5.98. The molecule has 2 aromatic heterocycles. The van der Waals surface area contributed by atoms with Gasteiger partial charge in [0.2, 0.25) is 0 Å². The van der Waals surface area contributed by atoms with Crippen LogP contribution in [0.2, 0.25) is 5.02 Å². The maximum atomic E-state index is 13.4. The molecule has 0 radical (unpaired) electrons. The molecular weight excluding hydrogens is 448 g/mol. The summed E-state index contributed by atoms with van der Waals surface area (Å²) in [7, 11) is 0. The van der Waals surface area contributed by atoms with Gasteiger partial charge in [0.25, 0.3) is 5.91 Å². The standard InChI is InChI=1S/C26H21ClN6O/c1-15-7-12-19(13-16(15)2)30-26(34)22-23-25(32-21-6-4-3-5-20(21)31-23)33(24(22)28)29-14-17-8-10-18(27)11-9-17/h3-14H,28H2,1-2H3,(H,30,34)/b29-14-. The first-order valence-electron chi connectivity index (χ1n) is 10.7. The fourth-order valence-electron chi connectivity index (χ4n) is 3.67. The van der Waals surface area contributed by atoms with E-state index >= 15 is 0 Å². The number of fused-ring (bicyclic) bond motifs is 2. The predicted octanol–water partition coefficient (Wildman–Crippen LogP) is 5.57. The molecule has 5 rings (SSSR count). The Labute approximate surface area is 200 Å². The second kappa shape index (κ2) is 8.61. The monoisotopic (exact) mass is 468 g/mol. The van der Waals surface area contributed by atoms with E-state index < -0.39 is 0 Å². The number of hydrogen-bond donors (Lipinski definition) is 2. The van der Waals surface area contributed by atoms with E-state index in [0.29, 0.717) is 32.9 Å². The van der Waals surface area contributed by atoms with Gasteiger partial charge in [0.1, 0.15) is 16.9 Å². The SMILES string of the molecule is Cc1ccc(NC(=O)c2c(N)n(/N=C\c3ccc(Cl)cc3)c3nc4ccccc4nc23)cc1C. The van der Waals surface area contributed by atoms with Crippen LogP contribution in [0.3, 0.4) is 0 Å². The summed E-state index contributed by atoms with van der Waals surface area (Å²) in [5, 5.41) is 8.08. The highest BCUT2D eigenvalue weighted by Gasteiger charge is 2.24. The number of halogens is 1. The van der Waals surface area contributed by atoms with Gasteiger partial charge in [0, 0.05) is 10.7 Å². The number of nitrogen functional groups attached to an aromatic ring is 1. The molecule has 2 heterocycles. The number of aryl methyl sites for hydroxylation is 2. The number of nitrogens with one attached hydrogen (secondary N) is 1. The van der Waals surface area contributed by atoms with Gasteiger partial charge in [-0.05, 0) is 66.9 Å². The minimum Gasteiger partial charge on any atom is -0.383 e. The van der Waals surface area contributed by atoms with E-state index in [4.69, 9.17) is 27.3 Å². The van der Waals surface area contributed by atoms with Crippen LogP contribution in [0, 0.1) is 13.8 Å². The summed E-state index contributed by atoms with van der Waals surface area (Å²) < 4.78 is 1.44. The highest BCUT2D eigenvalue weighted by Crippen LogP contribution is 2.29. The van der Waals surface area contributed by atoms with E-state index in [1.807, 2.05) is 68.4 Å². The third-order valence-corrected chi connectivity index (χ3v) is 5.91. The van der Waals surface area contributed by atoms with Crippen molar-refractivity contribution in [1.82, 2.24) is 14.6 Å². The number of para-hydroxylation sites is 2. The molecule has 0 fully saturated rings. The molecular formula is C26H21ClN6O. The Hall–Kier alpha value is -4.23. The Bertz CT molecular complexity index is 1590. The third-order valence-electron chi connectivity index (χ3n) is 5.66. The molecule has 34 heavy (non-hydrogen) atoms. The molecule has 0 bridgehead atoms. The molecule has 0 aliphatic carbocycles. The van der Waals surface area contributed by atoms with Gasteiger partial charge in [-0.3, -0.25) is 4.79 Å². The van der Waals surface area contributed by atoms with E-state index in [0.717, 1.165) is 16.7 Å². The molecule has 0 saturated heterocycles. The lowest BCUT2D eigenvalue weighted by atomic mass is 10.1. The molecule has 3 N–H and O–H groups in total. The molecule has 8 heteroatoms. The Morgan fingerprint density at radius 2 is 1.71 bits per heavy atom. The van der Waals surface area contributed by atoms with Gasteiger partial charge in [-0.25, -0.2) is 9.97 Å². The zero-order valence-electron chi connectivity index (χ0n) is 18.6.